The quantitative estimate of drug-likeness (QED) is 0.560. The van der Waals surface area contributed by atoms with Gasteiger partial charge in [0.25, 0.3) is 0 Å². The lowest BCUT2D eigenvalue weighted by atomic mass is 10.5. The maximum atomic E-state index is 10.2. The molecule has 0 heterocycles. The second-order valence-electron chi connectivity index (χ2n) is 1.35. The van der Waals surface area contributed by atoms with Crippen LogP contribution in [0.3, 0.4) is 0 Å². The molecule has 0 radical (unpaired) electrons. The fraction of sp³-hybridized carbons (Fsp3) is 1.00. The summed E-state index contributed by atoms with van der Waals surface area (Å²) in [5.74, 6) is 0.622. The molecule has 2 nitrogen and oxygen atoms in total. The summed E-state index contributed by atoms with van der Waals surface area (Å²) in [5.41, 5.74) is 0. The lowest BCUT2D eigenvalue weighted by molar-refractivity contribution is 0.296. The van der Waals surface area contributed by atoms with Gasteiger partial charge >= 0.3 is 0 Å². The summed E-state index contributed by atoms with van der Waals surface area (Å²) < 4.78 is 10.2. The summed E-state index contributed by atoms with van der Waals surface area (Å²) in [6.07, 6.45) is 2.29. The Labute approximate surface area is 46.0 Å². The van der Waals surface area contributed by atoms with Crippen LogP contribution < -0.4 is 0 Å². The van der Waals surface area contributed by atoms with E-state index in [0.717, 1.165) is 0 Å². The fourth-order valence-electron chi connectivity index (χ4n) is 0.268. The molecule has 1 unspecified atom stereocenters. The van der Waals surface area contributed by atoms with Crippen molar-refractivity contribution in [3.63, 3.8) is 0 Å². The van der Waals surface area contributed by atoms with E-state index in [2.05, 4.69) is 0 Å². The van der Waals surface area contributed by atoms with Crippen molar-refractivity contribution >= 4 is 10.8 Å². The van der Waals surface area contributed by atoms with E-state index in [9.17, 15) is 4.21 Å². The number of hydrogen-bond acceptors (Lipinski definition) is 2. The molecule has 0 aliphatic heterocycles. The van der Waals surface area contributed by atoms with Crippen molar-refractivity contribution in [1.29, 1.82) is 0 Å². The Morgan fingerprint density at radius 1 is 1.71 bits per heavy atom. The Hall–Kier alpha value is 0.110. The third-order valence-corrected chi connectivity index (χ3v) is 1.45. The molecule has 0 aliphatic carbocycles. The van der Waals surface area contributed by atoms with E-state index in [0.29, 0.717) is 12.2 Å². The van der Waals surface area contributed by atoms with E-state index in [1.54, 1.807) is 6.26 Å². The molecule has 0 fully saturated rings. The molecule has 7 heavy (non-hydrogen) atoms. The van der Waals surface area contributed by atoms with Gasteiger partial charge in [-0.3, -0.25) is 4.21 Å². The van der Waals surface area contributed by atoms with Crippen molar-refractivity contribution in [2.24, 2.45) is 0 Å². The average Bonchev–Trinajstić information content (AvgIpc) is 1.61. The van der Waals surface area contributed by atoms with E-state index < -0.39 is 10.8 Å². The highest BCUT2D eigenvalue weighted by Crippen LogP contribution is 1.79. The number of rotatable bonds is 3. The van der Waals surface area contributed by atoms with Crippen LogP contribution in [0.2, 0.25) is 0 Å². The van der Waals surface area contributed by atoms with Gasteiger partial charge in [-0.2, -0.15) is 0 Å². The van der Waals surface area contributed by atoms with Gasteiger partial charge in [0.1, 0.15) is 0 Å². The largest absolute Gasteiger partial charge is 0.396 e. The minimum atomic E-state index is -0.725. The van der Waals surface area contributed by atoms with E-state index in [1.807, 2.05) is 0 Å². The van der Waals surface area contributed by atoms with Crippen molar-refractivity contribution in [3.8, 4) is 0 Å². The first-order chi connectivity index (χ1) is 3.27. The van der Waals surface area contributed by atoms with Crippen LogP contribution in [0.25, 0.3) is 0 Å². The number of hydrogen-bond donors (Lipinski definition) is 1. The summed E-state index contributed by atoms with van der Waals surface area (Å²) >= 11 is 0. The average molecular weight is 122 g/mol. The molecular formula is C4H10O2S. The van der Waals surface area contributed by atoms with Crippen LogP contribution in [0.15, 0.2) is 0 Å². The zero-order valence-electron chi connectivity index (χ0n) is 4.39. The second-order valence-corrected chi connectivity index (χ2v) is 2.91. The van der Waals surface area contributed by atoms with E-state index >= 15 is 0 Å². The molecule has 0 aromatic carbocycles. The lowest BCUT2D eigenvalue weighted by Gasteiger charge is -1.87. The van der Waals surface area contributed by atoms with Crippen LogP contribution in [0, 0.1) is 0 Å². The molecule has 0 aliphatic rings. The van der Waals surface area contributed by atoms with Crippen LogP contribution in [-0.2, 0) is 10.8 Å². The maximum Gasteiger partial charge on any atom is 0.0439 e. The summed E-state index contributed by atoms with van der Waals surface area (Å²) in [7, 11) is -0.725. The van der Waals surface area contributed by atoms with Gasteiger partial charge in [0, 0.05) is 29.4 Å². The van der Waals surface area contributed by atoms with Gasteiger partial charge in [-0.25, -0.2) is 0 Å². The third kappa shape index (κ3) is 6.11. The third-order valence-electron chi connectivity index (χ3n) is 0.590. The highest BCUT2D eigenvalue weighted by Gasteiger charge is 1.86. The zero-order valence-corrected chi connectivity index (χ0v) is 5.20. The Morgan fingerprint density at radius 3 is 2.43 bits per heavy atom. The Kier molecular flexibility index (Phi) is 4.34. The topological polar surface area (TPSA) is 37.3 Å². The molecule has 0 aromatic rings. The predicted molar refractivity (Wildman–Crippen MR) is 30.6 cm³/mol. The minimum absolute atomic E-state index is 0.152. The van der Waals surface area contributed by atoms with E-state index in [1.165, 1.54) is 0 Å². The first-order valence-electron chi connectivity index (χ1n) is 2.18. The summed E-state index contributed by atoms with van der Waals surface area (Å²) in [6.45, 7) is 0.152. The van der Waals surface area contributed by atoms with Crippen LogP contribution in [0.4, 0.5) is 0 Å². The van der Waals surface area contributed by atoms with Gasteiger partial charge < -0.3 is 5.11 Å². The minimum Gasteiger partial charge on any atom is -0.396 e. The Morgan fingerprint density at radius 2 is 2.29 bits per heavy atom. The zero-order chi connectivity index (χ0) is 5.70. The van der Waals surface area contributed by atoms with Crippen LogP contribution in [-0.4, -0.2) is 27.9 Å². The fourth-order valence-corrected chi connectivity index (χ4v) is 0.803. The van der Waals surface area contributed by atoms with Crippen LogP contribution >= 0.6 is 0 Å². The first-order valence-corrected chi connectivity index (χ1v) is 3.91. The van der Waals surface area contributed by atoms with Crippen molar-refractivity contribution in [3.05, 3.63) is 0 Å². The van der Waals surface area contributed by atoms with Crippen LogP contribution in [0.1, 0.15) is 6.42 Å². The molecule has 0 saturated carbocycles. The highest BCUT2D eigenvalue weighted by atomic mass is 32.2. The molecule has 44 valence electrons. The number of aliphatic hydroxyl groups is 1. The Balaban J connectivity index is 2.82. The van der Waals surface area contributed by atoms with Crippen molar-refractivity contribution in [1.82, 2.24) is 0 Å². The van der Waals surface area contributed by atoms with Gasteiger partial charge in [-0.15, -0.1) is 0 Å². The lowest BCUT2D eigenvalue weighted by Crippen LogP contribution is -1.95. The van der Waals surface area contributed by atoms with Crippen molar-refractivity contribution in [2.75, 3.05) is 18.6 Å². The molecule has 0 spiro atoms. The molecule has 0 rings (SSSR count). The summed E-state index contributed by atoms with van der Waals surface area (Å²) in [5, 5.41) is 8.18. The standard InChI is InChI=1S/C4H10O2S/c1-7(6)4-2-3-5/h5H,2-4H2,1H3. The predicted octanol–water partition coefficient (Wildman–Crippen LogP) is -0.253. The van der Waals surface area contributed by atoms with Gasteiger partial charge in [0.05, 0.1) is 0 Å². The normalized spacial score (nSPS) is 14.0. The first kappa shape index (κ1) is 7.11. The molecule has 0 bridgehead atoms. The molecule has 3 heteroatoms. The van der Waals surface area contributed by atoms with E-state index in [4.69, 9.17) is 5.11 Å². The SMILES string of the molecule is CS(=O)CCCO. The summed E-state index contributed by atoms with van der Waals surface area (Å²) in [6, 6.07) is 0. The summed E-state index contributed by atoms with van der Waals surface area (Å²) in [4.78, 5) is 0. The van der Waals surface area contributed by atoms with E-state index in [-0.39, 0.29) is 6.61 Å². The molecule has 0 saturated heterocycles. The van der Waals surface area contributed by atoms with Crippen molar-refractivity contribution < 1.29 is 9.32 Å². The molecule has 1 atom stereocenters. The molecule has 1 N–H and O–H groups in total. The van der Waals surface area contributed by atoms with Crippen molar-refractivity contribution in [2.45, 2.75) is 6.42 Å². The van der Waals surface area contributed by atoms with Gasteiger partial charge in [0.2, 0.25) is 0 Å². The number of aliphatic hydroxyl groups excluding tert-OH is 1. The Bertz CT molecular complexity index is 62.7. The van der Waals surface area contributed by atoms with Gasteiger partial charge in [-0.1, -0.05) is 0 Å². The molecule has 0 amide bonds. The smallest absolute Gasteiger partial charge is 0.0439 e. The monoisotopic (exact) mass is 122 g/mol. The molecule has 0 aromatic heterocycles. The highest BCUT2D eigenvalue weighted by molar-refractivity contribution is 7.84. The molecular weight excluding hydrogens is 112 g/mol. The van der Waals surface area contributed by atoms with Crippen LogP contribution in [0.5, 0.6) is 0 Å². The maximum absolute atomic E-state index is 10.2. The second kappa shape index (κ2) is 4.27. The van der Waals surface area contributed by atoms with Gasteiger partial charge in [-0.05, 0) is 6.42 Å². The van der Waals surface area contributed by atoms with Gasteiger partial charge in [0.15, 0.2) is 0 Å².